The van der Waals surface area contributed by atoms with Gasteiger partial charge in [0, 0.05) is 19.1 Å². The molecule has 1 aromatic carbocycles. The number of hydrogen-bond donors (Lipinski definition) is 2. The first kappa shape index (κ1) is 12.4. The van der Waals surface area contributed by atoms with E-state index in [9.17, 15) is 5.11 Å². The summed E-state index contributed by atoms with van der Waals surface area (Å²) < 4.78 is 0. The van der Waals surface area contributed by atoms with Crippen molar-refractivity contribution in [3.63, 3.8) is 0 Å². The molecule has 0 radical (unpaired) electrons. The van der Waals surface area contributed by atoms with E-state index in [0.29, 0.717) is 11.8 Å². The molecule has 3 heteroatoms. The summed E-state index contributed by atoms with van der Waals surface area (Å²) in [5.41, 5.74) is 8.98. The van der Waals surface area contributed by atoms with Gasteiger partial charge in [-0.3, -0.25) is 4.90 Å². The highest BCUT2D eigenvalue weighted by atomic mass is 16.3. The summed E-state index contributed by atoms with van der Waals surface area (Å²) in [6.07, 6.45) is 2.46. The Morgan fingerprint density at radius 1 is 1.35 bits per heavy atom. The van der Waals surface area contributed by atoms with Gasteiger partial charge in [0.25, 0.3) is 0 Å². The Labute approximate surface area is 103 Å². The molecule has 0 spiro atoms. The maximum absolute atomic E-state index is 9.76. The van der Waals surface area contributed by atoms with Gasteiger partial charge in [0.2, 0.25) is 0 Å². The van der Waals surface area contributed by atoms with Crippen LogP contribution in [0.1, 0.15) is 29.5 Å². The largest absolute Gasteiger partial charge is 0.507 e. The van der Waals surface area contributed by atoms with Gasteiger partial charge in [-0.25, -0.2) is 0 Å². The van der Waals surface area contributed by atoms with Crippen molar-refractivity contribution in [2.45, 2.75) is 39.3 Å². The van der Waals surface area contributed by atoms with E-state index in [-0.39, 0.29) is 0 Å². The topological polar surface area (TPSA) is 49.5 Å². The summed E-state index contributed by atoms with van der Waals surface area (Å²) in [5, 5.41) is 9.76. The molecule has 1 aliphatic rings. The third-order valence-corrected chi connectivity index (χ3v) is 3.71. The normalized spacial score (nSPS) is 21.0. The van der Waals surface area contributed by atoms with Crippen LogP contribution in [0.2, 0.25) is 0 Å². The minimum atomic E-state index is 0.422. The molecule has 1 saturated heterocycles. The van der Waals surface area contributed by atoms with Crippen LogP contribution in [0, 0.1) is 13.8 Å². The number of hydrogen-bond acceptors (Lipinski definition) is 3. The van der Waals surface area contributed by atoms with Gasteiger partial charge < -0.3 is 10.8 Å². The van der Waals surface area contributed by atoms with Crippen molar-refractivity contribution in [2.75, 3.05) is 13.1 Å². The summed E-state index contributed by atoms with van der Waals surface area (Å²) in [7, 11) is 0. The molecular weight excluding hydrogens is 212 g/mol. The standard InChI is InChI=1S/C14H22N2O/c1-10-6-12(7-11(2)14(10)17)9-16-5-3-4-13(16)8-15/h6-7,13,17H,3-5,8-9,15H2,1-2H3. The number of likely N-dealkylation sites (tertiary alicyclic amines) is 1. The van der Waals surface area contributed by atoms with Crippen LogP contribution in [-0.2, 0) is 6.54 Å². The fraction of sp³-hybridized carbons (Fsp3) is 0.571. The molecule has 94 valence electrons. The zero-order valence-corrected chi connectivity index (χ0v) is 10.7. The Balaban J connectivity index is 2.13. The lowest BCUT2D eigenvalue weighted by Crippen LogP contribution is -2.34. The maximum Gasteiger partial charge on any atom is 0.121 e. The third kappa shape index (κ3) is 2.61. The monoisotopic (exact) mass is 234 g/mol. The Bertz CT molecular complexity index is 380. The molecule has 1 aliphatic heterocycles. The van der Waals surface area contributed by atoms with Crippen molar-refractivity contribution in [3.8, 4) is 5.75 Å². The van der Waals surface area contributed by atoms with Crippen LogP contribution >= 0.6 is 0 Å². The third-order valence-electron chi connectivity index (χ3n) is 3.71. The first-order valence-corrected chi connectivity index (χ1v) is 6.35. The lowest BCUT2D eigenvalue weighted by molar-refractivity contribution is 0.250. The van der Waals surface area contributed by atoms with Gasteiger partial charge in [-0.05, 0) is 49.9 Å². The molecule has 2 rings (SSSR count). The van der Waals surface area contributed by atoms with Gasteiger partial charge in [-0.2, -0.15) is 0 Å². The molecule has 3 N–H and O–H groups in total. The van der Waals surface area contributed by atoms with E-state index in [1.807, 2.05) is 13.8 Å². The van der Waals surface area contributed by atoms with Crippen LogP contribution in [0.3, 0.4) is 0 Å². The van der Waals surface area contributed by atoms with Crippen LogP contribution in [0.15, 0.2) is 12.1 Å². The predicted octanol–water partition coefficient (Wildman–Crippen LogP) is 1.93. The molecule has 1 heterocycles. The van der Waals surface area contributed by atoms with Crippen molar-refractivity contribution in [1.82, 2.24) is 4.90 Å². The van der Waals surface area contributed by atoms with Crippen LogP contribution < -0.4 is 5.73 Å². The van der Waals surface area contributed by atoms with Crippen LogP contribution in [0.5, 0.6) is 5.75 Å². The first-order valence-electron chi connectivity index (χ1n) is 6.35. The number of benzene rings is 1. The van der Waals surface area contributed by atoms with E-state index in [1.165, 1.54) is 18.4 Å². The molecule has 1 aromatic rings. The Kier molecular flexibility index (Phi) is 3.69. The number of nitrogens with two attached hydrogens (primary N) is 1. The molecule has 0 saturated carbocycles. The van der Waals surface area contributed by atoms with E-state index >= 15 is 0 Å². The second kappa shape index (κ2) is 5.07. The molecule has 1 fully saturated rings. The lowest BCUT2D eigenvalue weighted by Gasteiger charge is -2.23. The molecule has 1 unspecified atom stereocenters. The average molecular weight is 234 g/mol. The Morgan fingerprint density at radius 2 is 2.00 bits per heavy atom. The number of phenolic OH excluding ortho intramolecular Hbond substituents is 1. The van der Waals surface area contributed by atoms with Crippen molar-refractivity contribution < 1.29 is 5.11 Å². The highest BCUT2D eigenvalue weighted by Gasteiger charge is 2.23. The number of rotatable bonds is 3. The minimum absolute atomic E-state index is 0.422. The number of nitrogens with zero attached hydrogens (tertiary/aromatic N) is 1. The predicted molar refractivity (Wildman–Crippen MR) is 70.1 cm³/mol. The van der Waals surface area contributed by atoms with Crippen molar-refractivity contribution >= 4 is 0 Å². The van der Waals surface area contributed by atoms with Crippen molar-refractivity contribution in [2.24, 2.45) is 5.73 Å². The van der Waals surface area contributed by atoms with E-state index < -0.39 is 0 Å². The van der Waals surface area contributed by atoms with Crippen LogP contribution in [-0.4, -0.2) is 29.1 Å². The van der Waals surface area contributed by atoms with Crippen molar-refractivity contribution in [1.29, 1.82) is 0 Å². The molecule has 3 nitrogen and oxygen atoms in total. The van der Waals surface area contributed by atoms with Gasteiger partial charge in [0.1, 0.15) is 5.75 Å². The van der Waals surface area contributed by atoms with E-state index in [4.69, 9.17) is 5.73 Å². The lowest BCUT2D eigenvalue weighted by atomic mass is 10.1. The van der Waals surface area contributed by atoms with Crippen LogP contribution in [0.25, 0.3) is 0 Å². The maximum atomic E-state index is 9.76. The second-order valence-electron chi connectivity index (χ2n) is 5.08. The van der Waals surface area contributed by atoms with Gasteiger partial charge in [0.05, 0.1) is 0 Å². The van der Waals surface area contributed by atoms with Crippen LogP contribution in [0.4, 0.5) is 0 Å². The molecular formula is C14H22N2O. The van der Waals surface area contributed by atoms with Gasteiger partial charge in [-0.1, -0.05) is 12.1 Å². The second-order valence-corrected chi connectivity index (χ2v) is 5.08. The quantitative estimate of drug-likeness (QED) is 0.840. The highest BCUT2D eigenvalue weighted by molar-refractivity contribution is 5.42. The minimum Gasteiger partial charge on any atom is -0.507 e. The molecule has 17 heavy (non-hydrogen) atoms. The van der Waals surface area contributed by atoms with Gasteiger partial charge >= 0.3 is 0 Å². The fourth-order valence-corrected chi connectivity index (χ4v) is 2.74. The van der Waals surface area contributed by atoms with E-state index in [2.05, 4.69) is 17.0 Å². The molecule has 0 bridgehead atoms. The molecule has 1 atom stereocenters. The summed E-state index contributed by atoms with van der Waals surface area (Å²) in [4.78, 5) is 2.45. The van der Waals surface area contributed by atoms with E-state index in [0.717, 1.165) is 30.8 Å². The highest BCUT2D eigenvalue weighted by Crippen LogP contribution is 2.25. The summed E-state index contributed by atoms with van der Waals surface area (Å²) in [6, 6.07) is 4.69. The number of aromatic hydroxyl groups is 1. The summed E-state index contributed by atoms with van der Waals surface area (Å²) in [6.45, 7) is 6.74. The number of phenols is 1. The van der Waals surface area contributed by atoms with Gasteiger partial charge in [0.15, 0.2) is 0 Å². The zero-order chi connectivity index (χ0) is 12.4. The van der Waals surface area contributed by atoms with Crippen molar-refractivity contribution in [3.05, 3.63) is 28.8 Å². The summed E-state index contributed by atoms with van der Waals surface area (Å²) in [5.74, 6) is 0.422. The van der Waals surface area contributed by atoms with Gasteiger partial charge in [-0.15, -0.1) is 0 Å². The Morgan fingerprint density at radius 3 is 2.59 bits per heavy atom. The number of aryl methyl sites for hydroxylation is 2. The first-order chi connectivity index (χ1) is 8.11. The Hall–Kier alpha value is -1.06. The molecule has 0 aliphatic carbocycles. The average Bonchev–Trinajstić information content (AvgIpc) is 2.73. The fourth-order valence-electron chi connectivity index (χ4n) is 2.74. The molecule has 0 amide bonds. The molecule has 0 aromatic heterocycles. The SMILES string of the molecule is Cc1cc(CN2CCCC2CN)cc(C)c1O. The smallest absolute Gasteiger partial charge is 0.121 e. The summed E-state index contributed by atoms with van der Waals surface area (Å²) >= 11 is 0. The zero-order valence-electron chi connectivity index (χ0n) is 10.7. The van der Waals surface area contributed by atoms with E-state index in [1.54, 1.807) is 0 Å².